The lowest BCUT2D eigenvalue weighted by atomic mass is 10.1. The van der Waals surface area contributed by atoms with E-state index < -0.39 is 5.60 Å². The predicted molar refractivity (Wildman–Crippen MR) is 139 cm³/mol. The summed E-state index contributed by atoms with van der Waals surface area (Å²) in [5.74, 6) is 0. The van der Waals surface area contributed by atoms with E-state index in [2.05, 4.69) is 93.7 Å². The van der Waals surface area contributed by atoms with Crippen molar-refractivity contribution in [1.29, 1.82) is 0 Å². The number of nitrogens with two attached hydrogens (primary N) is 1. The van der Waals surface area contributed by atoms with Crippen molar-refractivity contribution in [3.8, 4) is 0 Å². The molecular weight excluding hydrogens is 420 g/mol. The number of ether oxygens (including phenoxy) is 1. The van der Waals surface area contributed by atoms with Gasteiger partial charge in [0.1, 0.15) is 17.8 Å². The highest BCUT2D eigenvalue weighted by atomic mass is 16.6. The molecule has 0 saturated heterocycles. The van der Waals surface area contributed by atoms with Crippen molar-refractivity contribution in [2.24, 2.45) is 0 Å². The summed E-state index contributed by atoms with van der Waals surface area (Å²) in [6, 6.07) is 21.6. The Kier molecular flexibility index (Phi) is 8.16. The number of carbonyl (C=O) groups excluding carboxylic acids is 1. The topological polar surface area (TPSA) is 46.2 Å². The Morgan fingerprint density at radius 1 is 0.735 bits per heavy atom. The quantitative estimate of drug-likeness (QED) is 0.424. The summed E-state index contributed by atoms with van der Waals surface area (Å²) in [6.07, 6.45) is -0.293. The highest BCUT2D eigenvalue weighted by Crippen LogP contribution is 2.18. The van der Waals surface area contributed by atoms with Gasteiger partial charge in [-0.1, -0.05) is 59.7 Å². The Bertz CT molecular complexity index is 1090. The van der Waals surface area contributed by atoms with Crippen LogP contribution in [-0.4, -0.2) is 16.6 Å². The molecule has 3 aromatic carbocycles. The van der Waals surface area contributed by atoms with Gasteiger partial charge in [-0.3, -0.25) is 4.90 Å². The molecule has 0 aliphatic rings. The SMILES string of the molecule is Cc1cc(C)cc(CN(Cc2ccc(C[NH2+]c3cc(C)cc(C)c3)cc2)C(=O)OC(C)(C)C)c1. The number of benzene rings is 3. The van der Waals surface area contributed by atoms with E-state index in [1.54, 1.807) is 4.90 Å². The third kappa shape index (κ3) is 8.03. The monoisotopic (exact) mass is 459 g/mol. The Balaban J connectivity index is 1.71. The van der Waals surface area contributed by atoms with Crippen LogP contribution in [0.3, 0.4) is 0 Å². The lowest BCUT2D eigenvalue weighted by Crippen LogP contribution is -2.76. The molecule has 34 heavy (non-hydrogen) atoms. The molecule has 3 rings (SSSR count). The molecule has 0 aromatic heterocycles. The van der Waals surface area contributed by atoms with Crippen LogP contribution in [0.2, 0.25) is 0 Å². The van der Waals surface area contributed by atoms with Crippen molar-refractivity contribution < 1.29 is 14.8 Å². The van der Waals surface area contributed by atoms with E-state index in [1.807, 2.05) is 20.8 Å². The van der Waals surface area contributed by atoms with Gasteiger partial charge in [0.15, 0.2) is 0 Å². The second kappa shape index (κ2) is 10.9. The standard InChI is InChI=1S/C30H38N2O2/c1-21-12-22(2)15-27(14-21)20-32(29(33)34-30(5,6)7)19-26-10-8-25(9-11-26)18-31-28-16-23(3)13-24(4)17-28/h8-17,31H,18-20H2,1-7H3/p+1. The minimum atomic E-state index is -0.536. The van der Waals surface area contributed by atoms with Crippen LogP contribution in [0.1, 0.15) is 59.7 Å². The molecule has 4 heteroatoms. The van der Waals surface area contributed by atoms with E-state index in [9.17, 15) is 4.79 Å². The van der Waals surface area contributed by atoms with E-state index >= 15 is 0 Å². The van der Waals surface area contributed by atoms with Gasteiger partial charge in [0, 0.05) is 30.8 Å². The third-order valence-electron chi connectivity index (χ3n) is 5.52. The fraction of sp³-hybridized carbons (Fsp3) is 0.367. The largest absolute Gasteiger partial charge is 0.444 e. The number of aryl methyl sites for hydroxylation is 4. The summed E-state index contributed by atoms with van der Waals surface area (Å²) >= 11 is 0. The van der Waals surface area contributed by atoms with Gasteiger partial charge in [-0.15, -0.1) is 0 Å². The first kappa shape index (κ1) is 25.5. The van der Waals surface area contributed by atoms with E-state index in [4.69, 9.17) is 4.74 Å². The number of carbonyl (C=O) groups is 1. The molecule has 0 spiro atoms. The smallest absolute Gasteiger partial charge is 0.410 e. The zero-order chi connectivity index (χ0) is 24.9. The average Bonchev–Trinajstić information content (AvgIpc) is 2.70. The van der Waals surface area contributed by atoms with Crippen molar-refractivity contribution in [2.75, 3.05) is 0 Å². The molecule has 0 bridgehead atoms. The predicted octanol–water partition coefficient (Wildman–Crippen LogP) is 6.25. The number of nitrogens with zero attached hydrogens (tertiary/aromatic N) is 1. The molecule has 1 amide bonds. The molecule has 0 unspecified atom stereocenters. The van der Waals surface area contributed by atoms with E-state index in [-0.39, 0.29) is 6.09 Å². The van der Waals surface area contributed by atoms with Crippen molar-refractivity contribution in [1.82, 2.24) is 4.90 Å². The average molecular weight is 460 g/mol. The molecule has 4 nitrogen and oxygen atoms in total. The summed E-state index contributed by atoms with van der Waals surface area (Å²) in [5.41, 5.74) is 9.14. The van der Waals surface area contributed by atoms with Crippen LogP contribution in [0.15, 0.2) is 60.7 Å². The molecule has 0 saturated carbocycles. The molecule has 0 fully saturated rings. The maximum Gasteiger partial charge on any atom is 0.410 e. The van der Waals surface area contributed by atoms with E-state index in [0.717, 1.165) is 17.7 Å². The second-order valence-corrected chi connectivity index (χ2v) is 10.5. The number of rotatable bonds is 7. The highest BCUT2D eigenvalue weighted by molar-refractivity contribution is 5.68. The van der Waals surface area contributed by atoms with Crippen LogP contribution < -0.4 is 5.32 Å². The normalized spacial score (nSPS) is 11.4. The van der Waals surface area contributed by atoms with Gasteiger partial charge in [-0.25, -0.2) is 4.79 Å². The van der Waals surface area contributed by atoms with Crippen LogP contribution in [0, 0.1) is 27.7 Å². The fourth-order valence-electron chi connectivity index (χ4n) is 4.26. The highest BCUT2D eigenvalue weighted by Gasteiger charge is 2.23. The Morgan fingerprint density at radius 2 is 1.21 bits per heavy atom. The molecule has 0 atom stereocenters. The number of hydrogen-bond donors (Lipinski definition) is 1. The fourth-order valence-corrected chi connectivity index (χ4v) is 4.26. The van der Waals surface area contributed by atoms with E-state index in [0.29, 0.717) is 13.1 Å². The van der Waals surface area contributed by atoms with Gasteiger partial charge in [0.2, 0.25) is 0 Å². The molecule has 0 heterocycles. The number of amides is 1. The molecule has 180 valence electrons. The van der Waals surface area contributed by atoms with Crippen LogP contribution in [-0.2, 0) is 24.4 Å². The van der Waals surface area contributed by atoms with Crippen molar-refractivity contribution in [3.63, 3.8) is 0 Å². The molecule has 0 aliphatic heterocycles. The zero-order valence-corrected chi connectivity index (χ0v) is 21.7. The lowest BCUT2D eigenvalue weighted by molar-refractivity contribution is -0.588. The number of quaternary nitrogens is 1. The summed E-state index contributed by atoms with van der Waals surface area (Å²) in [4.78, 5) is 14.8. The first-order valence-electron chi connectivity index (χ1n) is 12.0. The number of hydrogen-bond acceptors (Lipinski definition) is 2. The van der Waals surface area contributed by atoms with E-state index in [1.165, 1.54) is 33.5 Å². The van der Waals surface area contributed by atoms with Gasteiger partial charge in [-0.2, -0.15) is 0 Å². The van der Waals surface area contributed by atoms with Crippen molar-refractivity contribution >= 4 is 11.8 Å². The van der Waals surface area contributed by atoms with Gasteiger partial charge in [0.05, 0.1) is 0 Å². The van der Waals surface area contributed by atoms with Crippen LogP contribution in [0.4, 0.5) is 10.5 Å². The summed E-state index contributed by atoms with van der Waals surface area (Å²) < 4.78 is 5.72. The molecular formula is C30H39N2O2+. The zero-order valence-electron chi connectivity index (χ0n) is 21.7. The van der Waals surface area contributed by atoms with Gasteiger partial charge in [0.25, 0.3) is 0 Å². The summed E-state index contributed by atoms with van der Waals surface area (Å²) in [7, 11) is 0. The van der Waals surface area contributed by atoms with Gasteiger partial charge in [-0.05, 0) is 70.7 Å². The second-order valence-electron chi connectivity index (χ2n) is 10.5. The molecule has 0 radical (unpaired) electrons. The van der Waals surface area contributed by atoms with Crippen molar-refractivity contribution in [2.45, 2.75) is 73.7 Å². The first-order valence-corrected chi connectivity index (χ1v) is 12.0. The third-order valence-corrected chi connectivity index (χ3v) is 5.52. The minimum Gasteiger partial charge on any atom is -0.444 e. The minimum absolute atomic E-state index is 0.293. The lowest BCUT2D eigenvalue weighted by Gasteiger charge is -2.28. The summed E-state index contributed by atoms with van der Waals surface area (Å²) in [6.45, 7) is 16.0. The maximum absolute atomic E-state index is 13.0. The van der Waals surface area contributed by atoms with Crippen LogP contribution in [0.5, 0.6) is 0 Å². The van der Waals surface area contributed by atoms with Crippen LogP contribution >= 0.6 is 0 Å². The molecule has 0 aliphatic carbocycles. The Morgan fingerprint density at radius 3 is 1.74 bits per heavy atom. The van der Waals surface area contributed by atoms with Gasteiger partial charge < -0.3 is 10.1 Å². The molecule has 3 aromatic rings. The maximum atomic E-state index is 13.0. The summed E-state index contributed by atoms with van der Waals surface area (Å²) in [5, 5.41) is 2.27. The van der Waals surface area contributed by atoms with Crippen LogP contribution in [0.25, 0.3) is 0 Å². The molecule has 2 N–H and O–H groups in total. The van der Waals surface area contributed by atoms with Gasteiger partial charge >= 0.3 is 6.09 Å². The first-order chi connectivity index (χ1) is 16.0. The Hall–Kier alpha value is -3.11. The van der Waals surface area contributed by atoms with Crippen molar-refractivity contribution in [3.05, 3.63) is 99.6 Å². The Labute approximate surface area is 205 Å².